The van der Waals surface area contributed by atoms with Gasteiger partial charge in [0.1, 0.15) is 22.3 Å². The number of benzene rings is 8. The lowest BCUT2D eigenvalue weighted by molar-refractivity contribution is 0.669. The monoisotopic (exact) mass is 783 g/mol. The minimum atomic E-state index is 0.899. The van der Waals surface area contributed by atoms with Crippen LogP contribution in [0.5, 0.6) is 0 Å². The van der Waals surface area contributed by atoms with Gasteiger partial charge in [0.25, 0.3) is 0 Å². The second kappa shape index (κ2) is 14.6. The number of hydrogen-bond acceptors (Lipinski definition) is 3. The topological polar surface area (TPSA) is 29.5 Å². The van der Waals surface area contributed by atoms with Crippen LogP contribution in [0.25, 0.3) is 88.0 Å². The lowest BCUT2D eigenvalue weighted by Gasteiger charge is -2.30. The van der Waals surface area contributed by atoms with Gasteiger partial charge in [0.2, 0.25) is 0 Å². The molecule has 0 bridgehead atoms. The molecule has 8 aromatic carbocycles. The van der Waals surface area contributed by atoms with Crippen LogP contribution in [0.15, 0.2) is 215 Å². The van der Waals surface area contributed by atoms with Crippen LogP contribution in [0.3, 0.4) is 0 Å². The third kappa shape index (κ3) is 6.12. The number of nitrogens with zero attached hydrogens (tertiary/aromatic N) is 1. The summed E-state index contributed by atoms with van der Waals surface area (Å²) in [6.07, 6.45) is 15.5. The molecule has 2 aromatic heterocycles. The highest BCUT2D eigenvalue weighted by atomic mass is 16.3. The van der Waals surface area contributed by atoms with Crippen molar-refractivity contribution in [3.05, 3.63) is 217 Å². The molecule has 0 saturated carbocycles. The van der Waals surface area contributed by atoms with Crippen molar-refractivity contribution in [1.82, 2.24) is 0 Å². The van der Waals surface area contributed by atoms with Gasteiger partial charge in [-0.3, -0.25) is 0 Å². The molecule has 0 aliphatic heterocycles. The van der Waals surface area contributed by atoms with Crippen LogP contribution >= 0.6 is 0 Å². The predicted molar refractivity (Wildman–Crippen MR) is 256 cm³/mol. The molecule has 0 amide bonds. The smallest absolute Gasteiger partial charge is 0.143 e. The first-order valence-corrected chi connectivity index (χ1v) is 21.3. The Kier molecular flexibility index (Phi) is 8.45. The number of hydrogen-bond donors (Lipinski definition) is 0. The zero-order valence-electron chi connectivity index (χ0n) is 33.6. The van der Waals surface area contributed by atoms with E-state index in [0.29, 0.717) is 0 Å². The minimum absolute atomic E-state index is 0.899. The van der Waals surface area contributed by atoms with Crippen molar-refractivity contribution in [2.75, 3.05) is 4.90 Å². The highest BCUT2D eigenvalue weighted by Crippen LogP contribution is 2.44. The number of anilines is 2. The van der Waals surface area contributed by atoms with Crippen LogP contribution in [-0.4, -0.2) is 0 Å². The van der Waals surface area contributed by atoms with Crippen LogP contribution in [-0.2, 0) is 0 Å². The Labute approximate surface area is 354 Å². The lowest BCUT2D eigenvalue weighted by atomic mass is 9.91. The highest BCUT2D eigenvalue weighted by molar-refractivity contribution is 6.19. The van der Waals surface area contributed by atoms with Gasteiger partial charge in [-0.05, 0) is 136 Å². The fourth-order valence-corrected chi connectivity index (χ4v) is 9.63. The second-order valence-electron chi connectivity index (χ2n) is 16.2. The molecule has 0 atom stereocenters. The molecule has 61 heavy (non-hydrogen) atoms. The maximum atomic E-state index is 6.67. The molecule has 10 aromatic rings. The quantitative estimate of drug-likeness (QED) is 0.161. The molecule has 2 heterocycles. The first-order chi connectivity index (χ1) is 30.2. The van der Waals surface area contributed by atoms with Gasteiger partial charge in [-0.15, -0.1) is 0 Å². The maximum Gasteiger partial charge on any atom is 0.143 e. The van der Waals surface area contributed by atoms with Crippen molar-refractivity contribution in [3.8, 4) is 22.3 Å². The van der Waals surface area contributed by atoms with Crippen molar-refractivity contribution in [3.63, 3.8) is 0 Å². The van der Waals surface area contributed by atoms with Crippen molar-refractivity contribution in [2.24, 2.45) is 0 Å². The second-order valence-corrected chi connectivity index (χ2v) is 16.2. The molecule has 2 aliphatic rings. The largest absolute Gasteiger partial charge is 0.456 e. The molecule has 3 nitrogen and oxygen atoms in total. The Balaban J connectivity index is 0.948. The number of para-hydroxylation sites is 1. The summed E-state index contributed by atoms with van der Waals surface area (Å²) >= 11 is 0. The Morgan fingerprint density at radius 2 is 1.15 bits per heavy atom. The number of furan rings is 2. The summed E-state index contributed by atoms with van der Waals surface area (Å²) in [5, 5.41) is 6.92. The van der Waals surface area contributed by atoms with E-state index in [9.17, 15) is 0 Å². The van der Waals surface area contributed by atoms with E-state index in [1.807, 2.05) is 6.07 Å². The van der Waals surface area contributed by atoms with Gasteiger partial charge >= 0.3 is 0 Å². The first-order valence-electron chi connectivity index (χ1n) is 21.3. The lowest BCUT2D eigenvalue weighted by Crippen LogP contribution is -2.18. The summed E-state index contributed by atoms with van der Waals surface area (Å²) in [5.41, 5.74) is 17.1. The van der Waals surface area contributed by atoms with Gasteiger partial charge in [0, 0.05) is 44.0 Å². The van der Waals surface area contributed by atoms with E-state index in [0.717, 1.165) is 81.1 Å². The molecule has 3 heteroatoms. The SMILES string of the molecule is C1=CC(c2ccc(N(C3=CC=C(c4cccc5oc6ccccc6c45)CC3)c3ccc(-c4cc5c6ccc(-c7ccccc7)cc6oc5c5ccccc45)cc3)cc2)=CCC1. The Morgan fingerprint density at radius 3 is 1.92 bits per heavy atom. The molecule has 0 unspecified atom stereocenters. The van der Waals surface area contributed by atoms with E-state index in [-0.39, 0.29) is 0 Å². The molecular formula is C58H41NO2. The van der Waals surface area contributed by atoms with Crippen LogP contribution in [0.4, 0.5) is 11.4 Å². The average molecular weight is 784 g/mol. The van der Waals surface area contributed by atoms with E-state index in [4.69, 9.17) is 8.83 Å². The predicted octanol–water partition coefficient (Wildman–Crippen LogP) is 16.6. The molecule has 0 N–H and O–H groups in total. The Hall–Kier alpha value is -7.62. The van der Waals surface area contributed by atoms with Crippen LogP contribution in [0.2, 0.25) is 0 Å². The van der Waals surface area contributed by atoms with Gasteiger partial charge in [-0.25, -0.2) is 0 Å². The van der Waals surface area contributed by atoms with Gasteiger partial charge in [0.05, 0.1) is 0 Å². The van der Waals surface area contributed by atoms with Crippen molar-refractivity contribution in [2.45, 2.75) is 25.7 Å². The summed E-state index contributed by atoms with van der Waals surface area (Å²) < 4.78 is 12.9. The molecule has 0 spiro atoms. The third-order valence-corrected chi connectivity index (χ3v) is 12.6. The molecular weight excluding hydrogens is 743 g/mol. The fourth-order valence-electron chi connectivity index (χ4n) is 9.63. The van der Waals surface area contributed by atoms with E-state index in [1.54, 1.807) is 0 Å². The van der Waals surface area contributed by atoms with Crippen LogP contribution in [0, 0.1) is 0 Å². The Morgan fingerprint density at radius 1 is 0.426 bits per heavy atom. The molecule has 0 radical (unpaired) electrons. The normalized spacial score (nSPS) is 14.2. The fraction of sp³-hybridized carbons (Fsp3) is 0.0690. The maximum absolute atomic E-state index is 6.67. The van der Waals surface area contributed by atoms with Gasteiger partial charge in [0.15, 0.2) is 0 Å². The van der Waals surface area contributed by atoms with Crippen molar-refractivity contribution < 1.29 is 8.83 Å². The molecule has 2 aliphatic carbocycles. The standard InChI is InChI=1S/C58H41NO2/c1-3-12-38(13-4-1)40-22-29-44(30-23-40)59(45-31-24-41(25-32-45)47-19-11-21-55-57(47)51-18-9-10-20-54(51)60-55)46-33-26-42(27-34-46)52-37-53-49-35-28-43(39-14-5-2-6-15-39)36-56(49)61-58(53)50-17-8-7-16-48(50)52/h2-3,5-24,26-31,33-37H,1,4,25,32H2. The molecule has 0 saturated heterocycles. The Bertz CT molecular complexity index is 3450. The van der Waals surface area contributed by atoms with E-state index < -0.39 is 0 Å². The molecule has 290 valence electrons. The summed E-state index contributed by atoms with van der Waals surface area (Å²) in [7, 11) is 0. The summed E-state index contributed by atoms with van der Waals surface area (Å²) in [6.45, 7) is 0. The molecule has 12 rings (SSSR count). The molecule has 0 fully saturated rings. The minimum Gasteiger partial charge on any atom is -0.456 e. The number of allylic oxidation sites excluding steroid dienone is 8. The van der Waals surface area contributed by atoms with E-state index in [2.05, 4.69) is 199 Å². The third-order valence-electron chi connectivity index (χ3n) is 12.6. The summed E-state index contributed by atoms with van der Waals surface area (Å²) in [6, 6.07) is 61.1. The van der Waals surface area contributed by atoms with Gasteiger partial charge in [-0.2, -0.15) is 0 Å². The summed E-state index contributed by atoms with van der Waals surface area (Å²) in [4.78, 5) is 2.44. The van der Waals surface area contributed by atoms with Gasteiger partial charge in [-0.1, -0.05) is 140 Å². The van der Waals surface area contributed by atoms with Crippen LogP contribution in [0.1, 0.15) is 36.8 Å². The van der Waals surface area contributed by atoms with Crippen molar-refractivity contribution >= 4 is 77.2 Å². The zero-order valence-corrected chi connectivity index (χ0v) is 33.6. The first kappa shape index (κ1) is 35.3. The van der Waals surface area contributed by atoms with Crippen LogP contribution < -0.4 is 4.90 Å². The van der Waals surface area contributed by atoms with E-state index >= 15 is 0 Å². The highest BCUT2D eigenvalue weighted by Gasteiger charge is 2.22. The number of rotatable bonds is 7. The van der Waals surface area contributed by atoms with Gasteiger partial charge < -0.3 is 13.7 Å². The average Bonchev–Trinajstić information content (AvgIpc) is 3.91. The summed E-state index contributed by atoms with van der Waals surface area (Å²) in [5.74, 6) is 0. The number of fused-ring (bicyclic) bond motifs is 8. The van der Waals surface area contributed by atoms with Crippen molar-refractivity contribution in [1.29, 1.82) is 0 Å². The zero-order chi connectivity index (χ0) is 40.3. The van der Waals surface area contributed by atoms with E-state index in [1.165, 1.54) is 60.8 Å².